The maximum Gasteiger partial charge on any atom is 0.173 e. The summed E-state index contributed by atoms with van der Waals surface area (Å²) in [6.07, 6.45) is 1.57. The number of nitrogens with one attached hydrogen (secondary N) is 2. The van der Waals surface area contributed by atoms with E-state index in [1.165, 1.54) is 0 Å². The lowest BCUT2D eigenvalue weighted by molar-refractivity contribution is 0.509. The lowest BCUT2D eigenvalue weighted by Crippen LogP contribution is -1.86. The lowest BCUT2D eigenvalue weighted by atomic mass is 10.3. The van der Waals surface area contributed by atoms with Gasteiger partial charge in [0, 0.05) is 6.08 Å². The molecule has 2 aromatic heterocycles. The second-order valence-electron chi connectivity index (χ2n) is 4.77. The topological polar surface area (TPSA) is 77.6 Å². The number of nitrogens with zero attached hydrogens (tertiary/aromatic N) is 2. The van der Waals surface area contributed by atoms with Crippen LogP contribution in [0.2, 0.25) is 0 Å². The van der Waals surface area contributed by atoms with E-state index in [4.69, 9.17) is 0 Å². The summed E-state index contributed by atoms with van der Waals surface area (Å²) in [4.78, 5) is 15.0. The van der Waals surface area contributed by atoms with Crippen molar-refractivity contribution in [1.82, 2.24) is 19.9 Å². The summed E-state index contributed by atoms with van der Waals surface area (Å²) in [6.45, 7) is 0. The van der Waals surface area contributed by atoms with Gasteiger partial charge in [-0.15, -0.1) is 0 Å². The molecular formula is C16H12N4O. The number of imidazole rings is 2. The standard InChI is InChI=1S/C16H12N4O/c21-14(16-19-12-7-3-4-8-13(12)20-16)9-15-17-10-5-1-2-6-11(10)18-15/h1-9,21H,(H,17,18)(H,19,20)/b14-9+. The molecule has 0 unspecified atom stereocenters. The number of H-pyrrole nitrogens is 2. The van der Waals surface area contributed by atoms with Crippen molar-refractivity contribution in [3.05, 3.63) is 60.2 Å². The molecule has 5 heteroatoms. The number of aliphatic hydroxyl groups is 1. The van der Waals surface area contributed by atoms with E-state index in [1.807, 2.05) is 48.5 Å². The average molecular weight is 276 g/mol. The monoisotopic (exact) mass is 276 g/mol. The summed E-state index contributed by atoms with van der Waals surface area (Å²) in [5.74, 6) is 1.07. The van der Waals surface area contributed by atoms with Crippen molar-refractivity contribution in [3.63, 3.8) is 0 Å². The Morgan fingerprint density at radius 1 is 0.857 bits per heavy atom. The maximum atomic E-state index is 10.2. The van der Waals surface area contributed by atoms with Crippen LogP contribution in [0.15, 0.2) is 48.5 Å². The van der Waals surface area contributed by atoms with Gasteiger partial charge in [0.1, 0.15) is 5.82 Å². The minimum absolute atomic E-state index is 0.0465. The smallest absolute Gasteiger partial charge is 0.173 e. The molecule has 0 saturated carbocycles. The van der Waals surface area contributed by atoms with Gasteiger partial charge in [-0.1, -0.05) is 24.3 Å². The summed E-state index contributed by atoms with van der Waals surface area (Å²) < 4.78 is 0. The zero-order valence-electron chi connectivity index (χ0n) is 11.0. The van der Waals surface area contributed by atoms with Crippen molar-refractivity contribution in [3.8, 4) is 0 Å². The second kappa shape index (κ2) is 4.49. The van der Waals surface area contributed by atoms with Gasteiger partial charge in [0.15, 0.2) is 11.6 Å². The Hall–Kier alpha value is -3.08. The number of hydrogen-bond donors (Lipinski definition) is 3. The summed E-state index contributed by atoms with van der Waals surface area (Å²) in [5.41, 5.74) is 3.50. The molecule has 0 atom stereocenters. The largest absolute Gasteiger partial charge is 0.504 e. The average Bonchev–Trinajstić information content (AvgIpc) is 3.10. The van der Waals surface area contributed by atoms with Crippen molar-refractivity contribution >= 4 is 33.9 Å². The Morgan fingerprint density at radius 2 is 1.48 bits per heavy atom. The van der Waals surface area contributed by atoms with Crippen molar-refractivity contribution in [2.45, 2.75) is 0 Å². The third-order valence-electron chi connectivity index (χ3n) is 3.31. The zero-order valence-corrected chi connectivity index (χ0v) is 11.0. The Bertz CT molecular complexity index is 898. The van der Waals surface area contributed by atoms with Gasteiger partial charge in [0.2, 0.25) is 0 Å². The van der Waals surface area contributed by atoms with Gasteiger partial charge in [-0.3, -0.25) is 0 Å². The van der Waals surface area contributed by atoms with Crippen LogP contribution in [0.5, 0.6) is 0 Å². The molecule has 0 aliphatic rings. The molecule has 0 aliphatic heterocycles. The van der Waals surface area contributed by atoms with Crippen molar-refractivity contribution in [2.24, 2.45) is 0 Å². The Balaban J connectivity index is 1.76. The number of hydrogen-bond acceptors (Lipinski definition) is 3. The summed E-state index contributed by atoms with van der Waals surface area (Å²) in [7, 11) is 0. The molecule has 0 bridgehead atoms. The van der Waals surface area contributed by atoms with E-state index in [1.54, 1.807) is 6.08 Å². The minimum atomic E-state index is 0.0465. The van der Waals surface area contributed by atoms with Crippen LogP contribution < -0.4 is 0 Å². The van der Waals surface area contributed by atoms with Gasteiger partial charge < -0.3 is 15.1 Å². The second-order valence-corrected chi connectivity index (χ2v) is 4.77. The van der Waals surface area contributed by atoms with Gasteiger partial charge in [-0.2, -0.15) is 0 Å². The number of para-hydroxylation sites is 4. The van der Waals surface area contributed by atoms with E-state index in [0.717, 1.165) is 22.1 Å². The van der Waals surface area contributed by atoms with E-state index in [9.17, 15) is 5.11 Å². The van der Waals surface area contributed by atoms with E-state index >= 15 is 0 Å². The third-order valence-corrected chi connectivity index (χ3v) is 3.31. The number of aliphatic hydroxyl groups excluding tert-OH is 1. The highest BCUT2D eigenvalue weighted by Crippen LogP contribution is 2.18. The molecule has 0 radical (unpaired) electrons. The Labute approximate surface area is 120 Å². The van der Waals surface area contributed by atoms with Crippen molar-refractivity contribution in [1.29, 1.82) is 0 Å². The molecule has 0 amide bonds. The SMILES string of the molecule is O/C(=C/c1nc2ccccc2[nH]1)c1nc2ccccc2[nH]1. The molecule has 102 valence electrons. The Kier molecular flexibility index (Phi) is 2.50. The predicted octanol–water partition coefficient (Wildman–Crippen LogP) is 3.50. The van der Waals surface area contributed by atoms with Crippen LogP contribution in [0.1, 0.15) is 11.6 Å². The number of benzene rings is 2. The first-order valence-corrected chi connectivity index (χ1v) is 6.60. The highest BCUT2D eigenvalue weighted by atomic mass is 16.3. The van der Waals surface area contributed by atoms with Crippen LogP contribution >= 0.6 is 0 Å². The fraction of sp³-hybridized carbons (Fsp3) is 0. The predicted molar refractivity (Wildman–Crippen MR) is 82.7 cm³/mol. The molecule has 0 fully saturated rings. The fourth-order valence-corrected chi connectivity index (χ4v) is 2.31. The van der Waals surface area contributed by atoms with Crippen LogP contribution in [0.4, 0.5) is 0 Å². The lowest BCUT2D eigenvalue weighted by Gasteiger charge is -1.92. The molecule has 4 rings (SSSR count). The normalized spacial score (nSPS) is 12.3. The summed E-state index contributed by atoms with van der Waals surface area (Å²) in [6, 6.07) is 15.4. The molecule has 0 aliphatic carbocycles. The van der Waals surface area contributed by atoms with Crippen LogP contribution in [0.25, 0.3) is 33.9 Å². The van der Waals surface area contributed by atoms with Crippen molar-refractivity contribution < 1.29 is 5.11 Å². The van der Waals surface area contributed by atoms with Gasteiger partial charge in [-0.05, 0) is 24.3 Å². The molecular weight excluding hydrogens is 264 g/mol. The van der Waals surface area contributed by atoms with Crippen LogP contribution in [-0.2, 0) is 0 Å². The van der Waals surface area contributed by atoms with E-state index in [0.29, 0.717) is 11.6 Å². The molecule has 2 aromatic carbocycles. The summed E-state index contributed by atoms with van der Waals surface area (Å²) >= 11 is 0. The Morgan fingerprint density at radius 3 is 2.14 bits per heavy atom. The number of rotatable bonds is 2. The highest BCUT2D eigenvalue weighted by molar-refractivity contribution is 5.82. The van der Waals surface area contributed by atoms with Crippen LogP contribution in [0, 0.1) is 0 Å². The quantitative estimate of drug-likeness (QED) is 0.490. The van der Waals surface area contributed by atoms with Gasteiger partial charge in [0.25, 0.3) is 0 Å². The molecule has 3 N–H and O–H groups in total. The molecule has 21 heavy (non-hydrogen) atoms. The number of fused-ring (bicyclic) bond motifs is 2. The minimum Gasteiger partial charge on any atom is -0.504 e. The molecule has 2 heterocycles. The fourth-order valence-electron chi connectivity index (χ4n) is 2.31. The van der Waals surface area contributed by atoms with Crippen LogP contribution in [-0.4, -0.2) is 25.0 Å². The molecule has 0 saturated heterocycles. The van der Waals surface area contributed by atoms with E-state index in [2.05, 4.69) is 19.9 Å². The van der Waals surface area contributed by atoms with Crippen molar-refractivity contribution in [2.75, 3.05) is 0 Å². The third kappa shape index (κ3) is 2.04. The molecule has 5 nitrogen and oxygen atoms in total. The summed E-state index contributed by atoms with van der Waals surface area (Å²) in [5, 5.41) is 10.2. The first-order valence-electron chi connectivity index (χ1n) is 6.60. The molecule has 4 aromatic rings. The van der Waals surface area contributed by atoms with Gasteiger partial charge >= 0.3 is 0 Å². The van der Waals surface area contributed by atoms with Gasteiger partial charge in [-0.25, -0.2) is 9.97 Å². The van der Waals surface area contributed by atoms with E-state index in [-0.39, 0.29) is 5.76 Å². The van der Waals surface area contributed by atoms with Crippen LogP contribution in [0.3, 0.4) is 0 Å². The molecule has 0 spiro atoms. The number of aromatic nitrogens is 4. The first-order chi connectivity index (χ1) is 10.3. The first kappa shape index (κ1) is 11.7. The van der Waals surface area contributed by atoms with E-state index < -0.39 is 0 Å². The van der Waals surface area contributed by atoms with Gasteiger partial charge in [0.05, 0.1) is 22.1 Å². The maximum absolute atomic E-state index is 10.2. The highest BCUT2D eigenvalue weighted by Gasteiger charge is 2.07. The zero-order chi connectivity index (χ0) is 14.2. The number of aromatic amines is 2.